The second-order valence-corrected chi connectivity index (χ2v) is 5.37. The Kier molecular flexibility index (Phi) is 7.17. The summed E-state index contributed by atoms with van der Waals surface area (Å²) in [6, 6.07) is 26.3. The molecule has 0 heterocycles. The van der Waals surface area contributed by atoms with Crippen molar-refractivity contribution in [3.63, 3.8) is 0 Å². The van der Waals surface area contributed by atoms with E-state index in [1.165, 1.54) is 5.56 Å². The molecule has 0 fully saturated rings. The van der Waals surface area contributed by atoms with Crippen LogP contribution in [0.3, 0.4) is 0 Å². The highest BCUT2D eigenvalue weighted by Gasteiger charge is 1.93. The van der Waals surface area contributed by atoms with E-state index in [9.17, 15) is 0 Å². The quantitative estimate of drug-likeness (QED) is 0.373. The lowest BCUT2D eigenvalue weighted by atomic mass is 10.1. The topological polar surface area (TPSA) is 21.6 Å². The number of benzene rings is 3. The van der Waals surface area contributed by atoms with E-state index in [1.54, 1.807) is 7.11 Å². The molecule has 25 heavy (non-hydrogen) atoms. The van der Waals surface area contributed by atoms with Gasteiger partial charge in [0.15, 0.2) is 0 Å². The van der Waals surface area contributed by atoms with Crippen molar-refractivity contribution in [1.82, 2.24) is 0 Å². The summed E-state index contributed by atoms with van der Waals surface area (Å²) in [7, 11) is 1.66. The summed E-state index contributed by atoms with van der Waals surface area (Å²) in [5.41, 5.74) is 4.33. The molecular weight excluding hydrogens is 374 g/mol. The number of methoxy groups -OCH3 is 1. The van der Waals surface area contributed by atoms with E-state index < -0.39 is 0 Å². The van der Waals surface area contributed by atoms with Gasteiger partial charge in [-0.05, 0) is 53.1 Å². The molecule has 0 bridgehead atoms. The normalized spacial score (nSPS) is 10.8. The Balaban J connectivity index is 0.00000225. The summed E-state index contributed by atoms with van der Waals surface area (Å²) >= 11 is 0. The van der Waals surface area contributed by atoms with Gasteiger partial charge in [-0.2, -0.15) is 0 Å². The van der Waals surface area contributed by atoms with Gasteiger partial charge in [-0.3, -0.25) is 4.99 Å². The highest BCUT2D eigenvalue weighted by atomic mass is 79.9. The first-order valence-corrected chi connectivity index (χ1v) is 7.85. The molecule has 0 unspecified atom stereocenters. The Hall–Kier alpha value is -2.65. The molecule has 0 aliphatic carbocycles. The molecule has 0 aromatic heterocycles. The van der Waals surface area contributed by atoms with E-state index in [0.717, 1.165) is 22.6 Å². The van der Waals surface area contributed by atoms with Crippen LogP contribution in [-0.2, 0) is 0 Å². The molecule has 0 atom stereocenters. The smallest absolute Gasteiger partial charge is 0.118 e. The van der Waals surface area contributed by atoms with Gasteiger partial charge in [-0.25, -0.2) is 0 Å². The zero-order valence-electron chi connectivity index (χ0n) is 14.0. The van der Waals surface area contributed by atoms with Crippen LogP contribution in [0.25, 0.3) is 12.2 Å². The highest BCUT2D eigenvalue weighted by Crippen LogP contribution is 2.16. The third-order valence-corrected chi connectivity index (χ3v) is 3.64. The van der Waals surface area contributed by atoms with Gasteiger partial charge < -0.3 is 4.74 Å². The fourth-order valence-electron chi connectivity index (χ4n) is 2.27. The molecule has 0 saturated carbocycles. The van der Waals surface area contributed by atoms with Crippen molar-refractivity contribution in [3.05, 3.63) is 95.6 Å². The molecule has 0 aliphatic heterocycles. The number of hydrogen-bond donors (Lipinski definition) is 0. The van der Waals surface area contributed by atoms with Crippen molar-refractivity contribution in [2.75, 3.05) is 7.11 Å². The van der Waals surface area contributed by atoms with E-state index in [0.29, 0.717) is 0 Å². The number of nitrogens with zero attached hydrogens (tertiary/aromatic N) is 1. The van der Waals surface area contributed by atoms with E-state index in [4.69, 9.17) is 4.74 Å². The molecule has 2 nitrogen and oxygen atoms in total. The molecule has 0 N–H and O–H groups in total. The second kappa shape index (κ2) is 9.60. The van der Waals surface area contributed by atoms with Crippen molar-refractivity contribution < 1.29 is 4.74 Å². The van der Waals surface area contributed by atoms with Crippen LogP contribution < -0.4 is 4.74 Å². The van der Waals surface area contributed by atoms with E-state index in [2.05, 4.69) is 41.4 Å². The largest absolute Gasteiger partial charge is 0.497 e. The van der Waals surface area contributed by atoms with Crippen LogP contribution >= 0.6 is 17.0 Å². The monoisotopic (exact) mass is 393 g/mol. The SMILES string of the molecule is Br.COc1ccc(C=Nc2ccc(/C=C/c3ccccc3)cc2)cc1. The first kappa shape index (κ1) is 18.7. The predicted octanol–water partition coefficient (Wildman–Crippen LogP) is 6.19. The molecule has 0 spiro atoms. The fourth-order valence-corrected chi connectivity index (χ4v) is 2.27. The van der Waals surface area contributed by atoms with Crippen LogP contribution in [0, 0.1) is 0 Å². The van der Waals surface area contributed by atoms with E-state index >= 15 is 0 Å². The average Bonchev–Trinajstić information content (AvgIpc) is 2.67. The average molecular weight is 394 g/mol. The number of halogens is 1. The summed E-state index contributed by atoms with van der Waals surface area (Å²) < 4.78 is 5.15. The Bertz CT molecular complexity index is 822. The van der Waals surface area contributed by atoms with Gasteiger partial charge >= 0.3 is 0 Å². The maximum atomic E-state index is 5.15. The molecule has 0 radical (unpaired) electrons. The zero-order chi connectivity index (χ0) is 16.6. The Morgan fingerprint density at radius 1 is 0.680 bits per heavy atom. The van der Waals surface area contributed by atoms with Crippen LogP contribution in [-0.4, -0.2) is 13.3 Å². The summed E-state index contributed by atoms with van der Waals surface area (Å²) in [6.07, 6.45) is 6.07. The van der Waals surface area contributed by atoms with Gasteiger partial charge in [-0.1, -0.05) is 54.6 Å². The van der Waals surface area contributed by atoms with Gasteiger partial charge in [-0.15, -0.1) is 17.0 Å². The second-order valence-electron chi connectivity index (χ2n) is 5.37. The van der Waals surface area contributed by atoms with Crippen molar-refractivity contribution in [1.29, 1.82) is 0 Å². The van der Waals surface area contributed by atoms with Gasteiger partial charge in [0.25, 0.3) is 0 Å². The highest BCUT2D eigenvalue weighted by molar-refractivity contribution is 8.93. The first-order valence-electron chi connectivity index (χ1n) is 7.85. The van der Waals surface area contributed by atoms with Crippen LogP contribution in [0.2, 0.25) is 0 Å². The van der Waals surface area contributed by atoms with Gasteiger partial charge in [0.1, 0.15) is 5.75 Å². The minimum absolute atomic E-state index is 0. The lowest BCUT2D eigenvalue weighted by Crippen LogP contribution is -1.84. The van der Waals surface area contributed by atoms with Crippen LogP contribution in [0.4, 0.5) is 5.69 Å². The summed E-state index contributed by atoms with van der Waals surface area (Å²) in [5, 5.41) is 0. The molecule has 3 aromatic carbocycles. The number of hydrogen-bond acceptors (Lipinski definition) is 2. The molecule has 126 valence electrons. The van der Waals surface area contributed by atoms with Crippen molar-refractivity contribution in [2.45, 2.75) is 0 Å². The van der Waals surface area contributed by atoms with Crippen LogP contribution in [0.5, 0.6) is 5.75 Å². The minimum Gasteiger partial charge on any atom is -0.497 e. The third kappa shape index (κ3) is 5.73. The molecule has 3 rings (SSSR count). The maximum absolute atomic E-state index is 5.15. The number of rotatable bonds is 5. The van der Waals surface area contributed by atoms with Crippen LogP contribution in [0.15, 0.2) is 83.9 Å². The van der Waals surface area contributed by atoms with Crippen molar-refractivity contribution in [2.24, 2.45) is 4.99 Å². The Labute approximate surface area is 159 Å². The number of aliphatic imine (C=N–C) groups is 1. The van der Waals surface area contributed by atoms with E-state index in [-0.39, 0.29) is 17.0 Å². The zero-order valence-corrected chi connectivity index (χ0v) is 15.7. The lowest BCUT2D eigenvalue weighted by Gasteiger charge is -1.99. The molecule has 0 saturated heterocycles. The third-order valence-electron chi connectivity index (χ3n) is 3.64. The predicted molar refractivity (Wildman–Crippen MR) is 112 cm³/mol. The summed E-state index contributed by atoms with van der Waals surface area (Å²) in [6.45, 7) is 0. The molecule has 0 amide bonds. The van der Waals surface area contributed by atoms with Crippen molar-refractivity contribution in [3.8, 4) is 5.75 Å². The first-order chi connectivity index (χ1) is 11.8. The van der Waals surface area contributed by atoms with Gasteiger partial charge in [0.05, 0.1) is 12.8 Å². The van der Waals surface area contributed by atoms with Crippen molar-refractivity contribution >= 4 is 41.0 Å². The minimum atomic E-state index is 0. The molecular formula is C22H20BrNO. The summed E-state index contributed by atoms with van der Waals surface area (Å²) in [4.78, 5) is 4.50. The summed E-state index contributed by atoms with van der Waals surface area (Å²) in [5.74, 6) is 0.849. The molecule has 3 aromatic rings. The molecule has 3 heteroatoms. The molecule has 0 aliphatic rings. The van der Waals surface area contributed by atoms with E-state index in [1.807, 2.05) is 60.8 Å². The van der Waals surface area contributed by atoms with Gasteiger partial charge in [0, 0.05) is 6.21 Å². The Morgan fingerprint density at radius 2 is 1.24 bits per heavy atom. The Morgan fingerprint density at radius 3 is 1.84 bits per heavy atom. The fraction of sp³-hybridized carbons (Fsp3) is 0.0455. The van der Waals surface area contributed by atoms with Gasteiger partial charge in [0.2, 0.25) is 0 Å². The maximum Gasteiger partial charge on any atom is 0.118 e. The van der Waals surface area contributed by atoms with Crippen LogP contribution in [0.1, 0.15) is 16.7 Å². The number of ether oxygens (including phenoxy) is 1. The standard InChI is InChI=1S/C22H19NO.BrH/c1-24-22-15-11-20(12-16-22)17-23-21-13-9-19(10-14-21)8-7-18-5-3-2-4-6-18;/h2-17H,1H3;1H/b8-7+,23-17?;. The lowest BCUT2D eigenvalue weighted by molar-refractivity contribution is 0.415.